The first kappa shape index (κ1) is 30.0. The summed E-state index contributed by atoms with van der Waals surface area (Å²) in [6, 6.07) is 16.4. The summed E-state index contributed by atoms with van der Waals surface area (Å²) in [4.78, 5) is 66.9. The molecule has 0 aromatic heterocycles. The van der Waals surface area contributed by atoms with Crippen LogP contribution in [0.2, 0.25) is 10.0 Å². The van der Waals surface area contributed by atoms with Gasteiger partial charge in [-0.2, -0.15) is 5.01 Å². The second-order valence-electron chi connectivity index (χ2n) is 10.2. The van der Waals surface area contributed by atoms with Crippen molar-refractivity contribution < 1.29 is 33.4 Å². The number of esters is 1. The van der Waals surface area contributed by atoms with Gasteiger partial charge >= 0.3 is 5.97 Å². The van der Waals surface area contributed by atoms with Crippen LogP contribution in [0.3, 0.4) is 0 Å². The van der Waals surface area contributed by atoms with Crippen LogP contribution in [0.1, 0.15) is 44.4 Å². The fraction of sp³-hybridized carbons (Fsp3) is 0.219. The predicted octanol–water partition coefficient (Wildman–Crippen LogP) is 5.66. The molecule has 9 nitrogen and oxygen atoms in total. The lowest BCUT2D eigenvalue weighted by molar-refractivity contribution is -0.154. The molecule has 0 unspecified atom stereocenters. The first-order valence-corrected chi connectivity index (χ1v) is 14.2. The minimum atomic E-state index is -0.806. The molecule has 3 aromatic carbocycles. The van der Waals surface area contributed by atoms with Gasteiger partial charge in [0, 0.05) is 10.6 Å². The zero-order valence-electron chi connectivity index (χ0n) is 23.2. The van der Waals surface area contributed by atoms with Crippen molar-refractivity contribution in [2.45, 2.75) is 13.3 Å². The molecule has 1 aliphatic heterocycles. The van der Waals surface area contributed by atoms with E-state index in [9.17, 15) is 24.0 Å². The lowest BCUT2D eigenvalue weighted by Crippen LogP contribution is -2.52. The Labute approximate surface area is 257 Å². The molecule has 1 heterocycles. The number of rotatable bonds is 8. The molecule has 5 rings (SSSR count). The smallest absolute Gasteiger partial charge is 0.343 e. The lowest BCUT2D eigenvalue weighted by Gasteiger charge is -2.30. The van der Waals surface area contributed by atoms with Gasteiger partial charge in [-0.15, -0.1) is 0 Å². The number of nitrogens with zero attached hydrogens (tertiary/aromatic N) is 2. The number of ether oxygens (including phenoxy) is 2. The van der Waals surface area contributed by atoms with Crippen molar-refractivity contribution in [2.24, 2.45) is 17.8 Å². The van der Waals surface area contributed by atoms with Gasteiger partial charge in [0.25, 0.3) is 17.7 Å². The zero-order chi connectivity index (χ0) is 30.8. The average molecular weight is 621 g/mol. The quantitative estimate of drug-likeness (QED) is 0.105. The van der Waals surface area contributed by atoms with Gasteiger partial charge in [-0.05, 0) is 73.0 Å². The predicted molar refractivity (Wildman–Crippen MR) is 158 cm³/mol. The Bertz CT molecular complexity index is 1650. The number of methoxy groups -OCH3 is 1. The van der Waals surface area contributed by atoms with Crippen LogP contribution in [0.5, 0.6) is 11.5 Å². The van der Waals surface area contributed by atoms with Gasteiger partial charge in [-0.1, -0.05) is 48.3 Å². The molecule has 0 N–H and O–H groups in total. The molecule has 1 aliphatic carbocycles. The molecule has 220 valence electrons. The van der Waals surface area contributed by atoms with E-state index in [1.807, 2.05) is 19.1 Å². The highest BCUT2D eigenvalue weighted by Gasteiger charge is 2.53. The summed E-state index contributed by atoms with van der Waals surface area (Å²) >= 11 is 12.3. The number of hydrogen-bond acceptors (Lipinski definition) is 7. The Morgan fingerprint density at radius 1 is 0.930 bits per heavy atom. The largest absolute Gasteiger partial charge is 0.497 e. The first-order chi connectivity index (χ1) is 20.6. The minimum absolute atomic E-state index is 0.00343. The summed E-state index contributed by atoms with van der Waals surface area (Å²) in [7, 11) is 1.49. The van der Waals surface area contributed by atoms with E-state index in [2.05, 4.69) is 0 Å². The van der Waals surface area contributed by atoms with Gasteiger partial charge < -0.3 is 9.47 Å². The number of Topliss-reactive ketones (excluding diaryl/α,β-unsaturated/α-hetero) is 1. The normalized spacial score (nSPS) is 19.2. The highest BCUT2D eigenvalue weighted by molar-refractivity contribution is 6.36. The number of fused-ring (bicyclic) bond motifs is 1. The van der Waals surface area contributed by atoms with E-state index in [0.717, 1.165) is 10.0 Å². The van der Waals surface area contributed by atoms with Crippen molar-refractivity contribution >= 4 is 52.7 Å². The molecule has 0 spiro atoms. The molecule has 0 radical (unpaired) electrons. The Morgan fingerprint density at radius 2 is 1.67 bits per heavy atom. The van der Waals surface area contributed by atoms with Crippen LogP contribution < -0.4 is 9.47 Å². The number of amides is 3. The highest BCUT2D eigenvalue weighted by Crippen LogP contribution is 2.39. The standard InChI is InChI=1S/C32H26Cl2N2O7/c1-18-5-3-8-25-28(18)31(40)36(30(25)39)35(29(38)24-14-11-21(33)16-26(24)34)17-27(37)19-9-12-22(13-10-19)43-32(41)20-6-4-7-23(15-20)42-2/h3-7,9-16,18,25,28H,8,17H2,1-2H3/t18-,25+,28+/m0/s1. The van der Waals surface area contributed by atoms with Crippen molar-refractivity contribution in [3.05, 3.63) is 106 Å². The van der Waals surface area contributed by atoms with Gasteiger partial charge in [0.05, 0.1) is 35.1 Å². The van der Waals surface area contributed by atoms with E-state index in [1.165, 1.54) is 55.6 Å². The van der Waals surface area contributed by atoms with Crippen LogP contribution in [-0.2, 0) is 9.59 Å². The average Bonchev–Trinajstić information content (AvgIpc) is 3.25. The molecule has 3 atom stereocenters. The Hall–Kier alpha value is -4.47. The number of halogens is 2. The third-order valence-electron chi connectivity index (χ3n) is 7.47. The first-order valence-electron chi connectivity index (χ1n) is 13.4. The lowest BCUT2D eigenvalue weighted by atomic mass is 9.78. The zero-order valence-corrected chi connectivity index (χ0v) is 24.7. The minimum Gasteiger partial charge on any atom is -0.497 e. The maximum Gasteiger partial charge on any atom is 0.343 e. The number of imide groups is 1. The SMILES string of the molecule is COc1cccc(C(=O)Oc2ccc(C(=O)CN(C(=O)c3ccc(Cl)cc3Cl)N3C(=O)[C@@H]4[C@@H](C)C=CC[C@H]4C3=O)cc2)c1. The van der Waals surface area contributed by atoms with E-state index in [1.54, 1.807) is 18.2 Å². The topological polar surface area (TPSA) is 110 Å². The van der Waals surface area contributed by atoms with E-state index in [4.69, 9.17) is 32.7 Å². The van der Waals surface area contributed by atoms with Crippen molar-refractivity contribution in [3.8, 4) is 11.5 Å². The maximum absolute atomic E-state index is 13.8. The van der Waals surface area contributed by atoms with E-state index < -0.39 is 47.9 Å². The fourth-order valence-corrected chi connectivity index (χ4v) is 5.75. The molecule has 11 heteroatoms. The maximum atomic E-state index is 13.8. The number of benzene rings is 3. The van der Waals surface area contributed by atoms with Crippen LogP contribution >= 0.6 is 23.2 Å². The number of allylic oxidation sites excluding steroid dienone is 2. The monoisotopic (exact) mass is 620 g/mol. The molecule has 2 aliphatic rings. The second-order valence-corrected chi connectivity index (χ2v) is 11.0. The Kier molecular flexibility index (Phi) is 8.66. The van der Waals surface area contributed by atoms with Crippen LogP contribution in [-0.4, -0.2) is 53.1 Å². The molecule has 0 saturated carbocycles. The summed E-state index contributed by atoms with van der Waals surface area (Å²) in [5, 5.41) is 1.93. The Morgan fingerprint density at radius 3 is 2.35 bits per heavy atom. The number of hydrogen-bond donors (Lipinski definition) is 0. The van der Waals surface area contributed by atoms with Gasteiger partial charge in [-0.3, -0.25) is 19.2 Å². The van der Waals surface area contributed by atoms with Crippen LogP contribution in [0, 0.1) is 17.8 Å². The van der Waals surface area contributed by atoms with E-state index >= 15 is 0 Å². The third kappa shape index (κ3) is 6.04. The van der Waals surface area contributed by atoms with E-state index in [-0.39, 0.29) is 38.4 Å². The Balaban J connectivity index is 1.39. The van der Waals surface area contributed by atoms with E-state index in [0.29, 0.717) is 12.2 Å². The third-order valence-corrected chi connectivity index (χ3v) is 8.02. The van der Waals surface area contributed by atoms with Gasteiger partial charge in [0.1, 0.15) is 18.0 Å². The van der Waals surface area contributed by atoms with Crippen molar-refractivity contribution in [1.82, 2.24) is 10.0 Å². The fourth-order valence-electron chi connectivity index (χ4n) is 5.26. The van der Waals surface area contributed by atoms with Gasteiger partial charge in [-0.25, -0.2) is 9.80 Å². The van der Waals surface area contributed by atoms with Crippen molar-refractivity contribution in [3.63, 3.8) is 0 Å². The van der Waals surface area contributed by atoms with Crippen molar-refractivity contribution in [2.75, 3.05) is 13.7 Å². The second kappa shape index (κ2) is 12.4. The molecular formula is C32H26Cl2N2O7. The summed E-state index contributed by atoms with van der Waals surface area (Å²) in [5.74, 6) is -3.94. The van der Waals surface area contributed by atoms with Crippen LogP contribution in [0.4, 0.5) is 0 Å². The number of carbonyl (C=O) groups excluding carboxylic acids is 5. The molecule has 3 aromatic rings. The number of hydrazine groups is 1. The molecule has 3 amide bonds. The van der Waals surface area contributed by atoms with Crippen LogP contribution in [0.15, 0.2) is 78.9 Å². The summed E-state index contributed by atoms with van der Waals surface area (Å²) in [6.07, 6.45) is 4.06. The van der Waals surface area contributed by atoms with Gasteiger partial charge in [0.15, 0.2) is 5.78 Å². The molecule has 1 fully saturated rings. The van der Waals surface area contributed by atoms with Gasteiger partial charge in [0.2, 0.25) is 0 Å². The summed E-state index contributed by atoms with van der Waals surface area (Å²) in [5.41, 5.74) is 0.410. The molecular weight excluding hydrogens is 595 g/mol. The van der Waals surface area contributed by atoms with Crippen LogP contribution in [0.25, 0.3) is 0 Å². The summed E-state index contributed by atoms with van der Waals surface area (Å²) < 4.78 is 10.5. The highest BCUT2D eigenvalue weighted by atomic mass is 35.5. The molecule has 1 saturated heterocycles. The molecule has 0 bridgehead atoms. The van der Waals surface area contributed by atoms with Crippen molar-refractivity contribution in [1.29, 1.82) is 0 Å². The number of ketones is 1. The number of carbonyl (C=O) groups is 5. The summed E-state index contributed by atoms with van der Waals surface area (Å²) in [6.45, 7) is 1.21. The molecule has 43 heavy (non-hydrogen) atoms.